The van der Waals surface area contributed by atoms with Crippen molar-refractivity contribution >= 4 is 5.91 Å². The molecule has 2 aliphatic rings. The van der Waals surface area contributed by atoms with Crippen molar-refractivity contribution in [2.75, 3.05) is 13.2 Å². The fraction of sp³-hybridized carbons (Fsp3) is 0.733. The van der Waals surface area contributed by atoms with Crippen LogP contribution in [0.4, 0.5) is 0 Å². The zero-order valence-corrected chi connectivity index (χ0v) is 12.5. The largest absolute Gasteiger partial charge is 0.394 e. The van der Waals surface area contributed by atoms with Crippen LogP contribution in [0.15, 0.2) is 6.20 Å². The van der Waals surface area contributed by atoms with E-state index in [1.807, 2.05) is 10.9 Å². The van der Waals surface area contributed by atoms with Crippen molar-refractivity contribution in [3.05, 3.63) is 17.5 Å². The normalized spacial score (nSPS) is 28.4. The topological polar surface area (TPSA) is 79.2 Å². The van der Waals surface area contributed by atoms with E-state index < -0.39 is 0 Å². The summed E-state index contributed by atoms with van der Waals surface area (Å²) in [5, 5.41) is 20.0. The SMILES string of the molecule is CC1NCCC1C(=O)NC1CCCc2c1cnn2CCO. The first kappa shape index (κ1) is 14.5. The molecular weight excluding hydrogens is 268 g/mol. The zero-order valence-electron chi connectivity index (χ0n) is 12.5. The molecule has 3 atom stereocenters. The standard InChI is InChI=1S/C15H24N4O2/c1-10-11(5-6-16-10)15(21)18-13-3-2-4-14-12(13)9-17-19(14)7-8-20/h9-11,13,16,20H,2-8H2,1H3,(H,18,21). The molecule has 21 heavy (non-hydrogen) atoms. The molecule has 3 rings (SSSR count). The molecule has 0 radical (unpaired) electrons. The summed E-state index contributed by atoms with van der Waals surface area (Å²) in [6, 6.07) is 0.326. The van der Waals surface area contributed by atoms with E-state index in [1.165, 1.54) is 0 Å². The van der Waals surface area contributed by atoms with Gasteiger partial charge in [0.15, 0.2) is 0 Å². The number of aliphatic hydroxyl groups is 1. The summed E-state index contributed by atoms with van der Waals surface area (Å²) in [6.07, 6.45) is 5.76. The van der Waals surface area contributed by atoms with Crippen LogP contribution in [0.25, 0.3) is 0 Å². The van der Waals surface area contributed by atoms with Crippen molar-refractivity contribution in [1.29, 1.82) is 0 Å². The number of carbonyl (C=O) groups is 1. The molecule has 0 aromatic carbocycles. The molecule has 1 fully saturated rings. The minimum Gasteiger partial charge on any atom is -0.394 e. The maximum atomic E-state index is 12.4. The van der Waals surface area contributed by atoms with Gasteiger partial charge in [0.2, 0.25) is 5.91 Å². The quantitative estimate of drug-likeness (QED) is 0.749. The summed E-state index contributed by atoms with van der Waals surface area (Å²) in [4.78, 5) is 12.4. The van der Waals surface area contributed by atoms with Gasteiger partial charge in [-0.25, -0.2) is 0 Å². The van der Waals surface area contributed by atoms with Crippen molar-refractivity contribution < 1.29 is 9.90 Å². The Kier molecular flexibility index (Phi) is 4.26. The number of amides is 1. The number of carbonyl (C=O) groups excluding carboxylic acids is 1. The molecular formula is C15H24N4O2. The number of aliphatic hydroxyl groups excluding tert-OH is 1. The first-order valence-electron chi connectivity index (χ1n) is 7.90. The molecule has 1 aromatic rings. The monoisotopic (exact) mass is 292 g/mol. The number of rotatable bonds is 4. The van der Waals surface area contributed by atoms with Gasteiger partial charge in [-0.05, 0) is 39.2 Å². The van der Waals surface area contributed by atoms with Gasteiger partial charge in [0.05, 0.1) is 31.3 Å². The third-order valence-corrected chi connectivity index (χ3v) is 4.75. The molecule has 1 saturated heterocycles. The Morgan fingerprint density at radius 3 is 3.14 bits per heavy atom. The van der Waals surface area contributed by atoms with Gasteiger partial charge in [0.25, 0.3) is 0 Å². The molecule has 6 heteroatoms. The van der Waals surface area contributed by atoms with E-state index in [9.17, 15) is 4.79 Å². The molecule has 1 aromatic heterocycles. The maximum absolute atomic E-state index is 12.4. The number of fused-ring (bicyclic) bond motifs is 1. The van der Waals surface area contributed by atoms with E-state index in [0.717, 1.165) is 43.5 Å². The fourth-order valence-corrected chi connectivity index (χ4v) is 3.55. The molecule has 3 unspecified atom stereocenters. The van der Waals surface area contributed by atoms with E-state index in [2.05, 4.69) is 22.7 Å². The van der Waals surface area contributed by atoms with Crippen LogP contribution in [0, 0.1) is 5.92 Å². The van der Waals surface area contributed by atoms with Gasteiger partial charge in [-0.15, -0.1) is 0 Å². The Hall–Kier alpha value is -1.40. The maximum Gasteiger partial charge on any atom is 0.225 e. The molecule has 1 aliphatic carbocycles. The lowest BCUT2D eigenvalue weighted by Crippen LogP contribution is -2.39. The highest BCUT2D eigenvalue weighted by molar-refractivity contribution is 5.80. The first-order valence-corrected chi connectivity index (χ1v) is 7.90. The van der Waals surface area contributed by atoms with Crippen LogP contribution in [-0.2, 0) is 17.8 Å². The van der Waals surface area contributed by atoms with Gasteiger partial charge in [0.1, 0.15) is 0 Å². The molecule has 3 N–H and O–H groups in total. The number of nitrogens with zero attached hydrogens (tertiary/aromatic N) is 2. The highest BCUT2D eigenvalue weighted by Crippen LogP contribution is 2.30. The molecule has 0 bridgehead atoms. The van der Waals surface area contributed by atoms with Gasteiger partial charge >= 0.3 is 0 Å². The molecule has 116 valence electrons. The molecule has 0 saturated carbocycles. The Morgan fingerprint density at radius 2 is 2.43 bits per heavy atom. The van der Waals surface area contributed by atoms with Crippen molar-refractivity contribution in [2.45, 2.75) is 51.2 Å². The van der Waals surface area contributed by atoms with Gasteiger partial charge in [-0.1, -0.05) is 0 Å². The molecule has 0 spiro atoms. The zero-order chi connectivity index (χ0) is 14.8. The van der Waals surface area contributed by atoms with Crippen LogP contribution in [0.1, 0.15) is 43.5 Å². The highest BCUT2D eigenvalue weighted by Gasteiger charge is 2.32. The van der Waals surface area contributed by atoms with Crippen molar-refractivity contribution in [3.8, 4) is 0 Å². The predicted octanol–water partition coefficient (Wildman–Crippen LogP) is 0.367. The Bertz CT molecular complexity index is 514. The van der Waals surface area contributed by atoms with Crippen molar-refractivity contribution in [1.82, 2.24) is 20.4 Å². The van der Waals surface area contributed by atoms with Crippen molar-refractivity contribution in [3.63, 3.8) is 0 Å². The summed E-state index contributed by atoms with van der Waals surface area (Å²) >= 11 is 0. The van der Waals surface area contributed by atoms with Crippen LogP contribution in [0.3, 0.4) is 0 Å². The smallest absolute Gasteiger partial charge is 0.225 e. The van der Waals surface area contributed by atoms with Gasteiger partial charge in [-0.3, -0.25) is 9.48 Å². The van der Waals surface area contributed by atoms with Gasteiger partial charge in [0, 0.05) is 17.3 Å². The lowest BCUT2D eigenvalue weighted by atomic mass is 9.91. The summed E-state index contributed by atoms with van der Waals surface area (Å²) in [5.74, 6) is 0.225. The average molecular weight is 292 g/mol. The van der Waals surface area contributed by atoms with E-state index in [4.69, 9.17) is 5.11 Å². The highest BCUT2D eigenvalue weighted by atomic mass is 16.3. The van der Waals surface area contributed by atoms with Crippen LogP contribution in [-0.4, -0.2) is 40.0 Å². The minimum absolute atomic E-state index is 0.0708. The second-order valence-corrected chi connectivity index (χ2v) is 6.08. The second-order valence-electron chi connectivity index (χ2n) is 6.08. The Labute approximate surface area is 124 Å². The van der Waals surface area contributed by atoms with Crippen LogP contribution in [0.2, 0.25) is 0 Å². The van der Waals surface area contributed by atoms with Gasteiger partial charge < -0.3 is 15.7 Å². The fourth-order valence-electron chi connectivity index (χ4n) is 3.55. The summed E-state index contributed by atoms with van der Waals surface area (Å²) < 4.78 is 1.87. The van der Waals surface area contributed by atoms with Crippen molar-refractivity contribution in [2.24, 2.45) is 5.92 Å². The number of aromatic nitrogens is 2. The van der Waals surface area contributed by atoms with Crippen LogP contribution < -0.4 is 10.6 Å². The molecule has 2 heterocycles. The van der Waals surface area contributed by atoms with Crippen LogP contribution >= 0.6 is 0 Å². The lowest BCUT2D eigenvalue weighted by molar-refractivity contribution is -0.126. The minimum atomic E-state index is 0.0708. The number of nitrogens with one attached hydrogen (secondary N) is 2. The average Bonchev–Trinajstić information content (AvgIpc) is 3.07. The summed E-state index contributed by atoms with van der Waals surface area (Å²) in [6.45, 7) is 3.61. The first-order chi connectivity index (χ1) is 10.2. The van der Waals surface area contributed by atoms with E-state index in [0.29, 0.717) is 6.54 Å². The Balaban J connectivity index is 1.72. The lowest BCUT2D eigenvalue weighted by Gasteiger charge is -2.26. The second kappa shape index (κ2) is 6.15. The third-order valence-electron chi connectivity index (χ3n) is 4.75. The van der Waals surface area contributed by atoms with Gasteiger partial charge in [-0.2, -0.15) is 5.10 Å². The molecule has 1 amide bonds. The summed E-state index contributed by atoms with van der Waals surface area (Å²) in [7, 11) is 0. The van der Waals surface area contributed by atoms with E-state index in [1.54, 1.807) is 0 Å². The molecule has 1 aliphatic heterocycles. The van der Waals surface area contributed by atoms with E-state index in [-0.39, 0.29) is 30.5 Å². The predicted molar refractivity (Wildman–Crippen MR) is 78.7 cm³/mol. The Morgan fingerprint density at radius 1 is 1.57 bits per heavy atom. The summed E-state index contributed by atoms with van der Waals surface area (Å²) in [5.41, 5.74) is 2.29. The third kappa shape index (κ3) is 2.82. The van der Waals surface area contributed by atoms with E-state index >= 15 is 0 Å². The molecule has 6 nitrogen and oxygen atoms in total. The van der Waals surface area contributed by atoms with Crippen LogP contribution in [0.5, 0.6) is 0 Å². The number of hydrogen-bond donors (Lipinski definition) is 3. The number of hydrogen-bond acceptors (Lipinski definition) is 4.